The van der Waals surface area contributed by atoms with Crippen molar-refractivity contribution in [3.8, 4) is 11.1 Å². The molecule has 0 saturated carbocycles. The van der Waals surface area contributed by atoms with E-state index < -0.39 is 11.7 Å². The fourth-order valence-electron chi connectivity index (χ4n) is 4.03. The number of aryl methyl sites for hydroxylation is 1. The van der Waals surface area contributed by atoms with Gasteiger partial charge in [-0.3, -0.25) is 4.79 Å². The van der Waals surface area contributed by atoms with E-state index in [0.29, 0.717) is 18.5 Å². The highest BCUT2D eigenvalue weighted by Crippen LogP contribution is 2.32. The molecule has 2 aromatic carbocycles. The lowest BCUT2D eigenvalue weighted by Gasteiger charge is -2.27. The number of rotatable bonds is 4. The van der Waals surface area contributed by atoms with E-state index in [0.717, 1.165) is 47.5 Å². The number of alkyl halides is 3. The zero-order valence-corrected chi connectivity index (χ0v) is 16.5. The molecule has 1 unspecified atom stereocenters. The first kappa shape index (κ1) is 20.2. The summed E-state index contributed by atoms with van der Waals surface area (Å²) in [5.41, 5.74) is 3.80. The highest BCUT2D eigenvalue weighted by Gasteiger charge is 2.30. The van der Waals surface area contributed by atoms with Gasteiger partial charge in [-0.05, 0) is 41.7 Å². The molecule has 1 atom stereocenters. The SMILES string of the molecule is CN(Cc1ccccc1-c1ccc(C(F)(F)F)cc1)C(=O)C1CCc2[nH]cnc2C1. The fourth-order valence-corrected chi connectivity index (χ4v) is 4.03. The van der Waals surface area contributed by atoms with Gasteiger partial charge in [-0.15, -0.1) is 0 Å². The Balaban J connectivity index is 1.51. The minimum Gasteiger partial charge on any atom is -0.348 e. The molecule has 1 heterocycles. The van der Waals surface area contributed by atoms with Crippen LogP contribution in [0.25, 0.3) is 11.1 Å². The Labute approximate surface area is 172 Å². The highest BCUT2D eigenvalue weighted by atomic mass is 19.4. The number of hydrogen-bond acceptors (Lipinski definition) is 2. The predicted molar refractivity (Wildman–Crippen MR) is 107 cm³/mol. The number of benzene rings is 2. The molecule has 0 saturated heterocycles. The van der Waals surface area contributed by atoms with E-state index in [2.05, 4.69) is 9.97 Å². The largest absolute Gasteiger partial charge is 0.416 e. The number of aromatic nitrogens is 2. The monoisotopic (exact) mass is 413 g/mol. The normalized spacial score (nSPS) is 16.2. The second kappa shape index (κ2) is 7.97. The maximum atomic E-state index is 13.0. The van der Waals surface area contributed by atoms with Crippen LogP contribution in [0.3, 0.4) is 0 Å². The standard InChI is InChI=1S/C23H22F3N3O/c1-29(22(30)16-8-11-20-21(12-16)28-14-27-20)13-17-4-2-3-5-19(17)15-6-9-18(10-7-15)23(24,25)26/h2-7,9-10,14,16H,8,11-13H2,1H3,(H,27,28). The van der Waals surface area contributed by atoms with Crippen molar-refractivity contribution in [1.29, 1.82) is 0 Å². The molecule has 1 amide bonds. The Morgan fingerprint density at radius 2 is 1.90 bits per heavy atom. The van der Waals surface area contributed by atoms with Crippen molar-refractivity contribution < 1.29 is 18.0 Å². The van der Waals surface area contributed by atoms with E-state index in [9.17, 15) is 18.0 Å². The van der Waals surface area contributed by atoms with Gasteiger partial charge in [-0.2, -0.15) is 13.2 Å². The minimum absolute atomic E-state index is 0.0610. The van der Waals surface area contributed by atoms with Crippen molar-refractivity contribution in [2.24, 2.45) is 5.92 Å². The van der Waals surface area contributed by atoms with Crippen LogP contribution in [0, 0.1) is 5.92 Å². The second-order valence-corrected chi connectivity index (χ2v) is 7.69. The Kier molecular flexibility index (Phi) is 5.37. The molecule has 156 valence electrons. The van der Waals surface area contributed by atoms with Crippen molar-refractivity contribution >= 4 is 5.91 Å². The van der Waals surface area contributed by atoms with Gasteiger partial charge in [0.1, 0.15) is 0 Å². The topological polar surface area (TPSA) is 49.0 Å². The molecule has 4 nitrogen and oxygen atoms in total. The van der Waals surface area contributed by atoms with Gasteiger partial charge < -0.3 is 9.88 Å². The second-order valence-electron chi connectivity index (χ2n) is 7.69. The molecular formula is C23H22F3N3O. The molecule has 4 rings (SSSR count). The highest BCUT2D eigenvalue weighted by molar-refractivity contribution is 5.79. The number of carbonyl (C=O) groups excluding carboxylic acids is 1. The zero-order valence-electron chi connectivity index (χ0n) is 16.5. The molecule has 0 aliphatic heterocycles. The van der Waals surface area contributed by atoms with Crippen molar-refractivity contribution in [3.63, 3.8) is 0 Å². The van der Waals surface area contributed by atoms with Crippen LogP contribution < -0.4 is 0 Å². The molecule has 1 aromatic heterocycles. The lowest BCUT2D eigenvalue weighted by molar-refractivity contribution is -0.137. The molecule has 0 spiro atoms. The number of nitrogens with one attached hydrogen (secondary N) is 1. The smallest absolute Gasteiger partial charge is 0.348 e. The lowest BCUT2D eigenvalue weighted by Crippen LogP contribution is -2.35. The number of imidazole rings is 1. The summed E-state index contributed by atoms with van der Waals surface area (Å²) in [6, 6.07) is 12.6. The number of hydrogen-bond donors (Lipinski definition) is 1. The average molecular weight is 413 g/mol. The number of aromatic amines is 1. The van der Waals surface area contributed by atoms with Gasteiger partial charge in [-0.25, -0.2) is 4.98 Å². The third-order valence-electron chi connectivity index (χ3n) is 5.66. The third-order valence-corrected chi connectivity index (χ3v) is 5.66. The Morgan fingerprint density at radius 3 is 2.63 bits per heavy atom. The third kappa shape index (κ3) is 4.10. The van der Waals surface area contributed by atoms with Crippen molar-refractivity contribution in [2.45, 2.75) is 32.0 Å². The van der Waals surface area contributed by atoms with E-state index >= 15 is 0 Å². The first-order valence-corrected chi connectivity index (χ1v) is 9.84. The number of fused-ring (bicyclic) bond motifs is 1. The van der Waals surface area contributed by atoms with Crippen LogP contribution >= 0.6 is 0 Å². The summed E-state index contributed by atoms with van der Waals surface area (Å²) in [4.78, 5) is 22.1. The summed E-state index contributed by atoms with van der Waals surface area (Å²) < 4.78 is 38.6. The molecular weight excluding hydrogens is 391 g/mol. The quantitative estimate of drug-likeness (QED) is 0.664. The van der Waals surface area contributed by atoms with Gasteiger partial charge in [-0.1, -0.05) is 36.4 Å². The minimum atomic E-state index is -4.36. The van der Waals surface area contributed by atoms with Crippen LogP contribution in [0.15, 0.2) is 54.9 Å². The number of amides is 1. The van der Waals surface area contributed by atoms with Crippen LogP contribution in [-0.4, -0.2) is 27.8 Å². The van der Waals surface area contributed by atoms with Gasteiger partial charge >= 0.3 is 6.18 Å². The maximum absolute atomic E-state index is 13.0. The molecule has 1 aliphatic rings. The van der Waals surface area contributed by atoms with Crippen molar-refractivity contribution in [2.75, 3.05) is 7.05 Å². The summed E-state index contributed by atoms with van der Waals surface area (Å²) >= 11 is 0. The van der Waals surface area contributed by atoms with Crippen molar-refractivity contribution in [1.82, 2.24) is 14.9 Å². The van der Waals surface area contributed by atoms with E-state index in [1.165, 1.54) is 12.1 Å². The number of carbonyl (C=O) groups is 1. The molecule has 0 fully saturated rings. The summed E-state index contributed by atoms with van der Waals surface area (Å²) in [6.07, 6.45) is -0.483. The van der Waals surface area contributed by atoms with Gasteiger partial charge in [0.15, 0.2) is 0 Å². The summed E-state index contributed by atoms with van der Waals surface area (Å²) in [7, 11) is 1.77. The van der Waals surface area contributed by atoms with Crippen LogP contribution in [0.2, 0.25) is 0 Å². The summed E-state index contributed by atoms with van der Waals surface area (Å²) in [5.74, 6) is -0.0464. The van der Waals surface area contributed by atoms with Crippen LogP contribution in [-0.2, 0) is 30.4 Å². The fraction of sp³-hybridized carbons (Fsp3) is 0.304. The molecule has 30 heavy (non-hydrogen) atoms. The molecule has 0 bridgehead atoms. The van der Waals surface area contributed by atoms with Gasteiger partial charge in [0, 0.05) is 31.6 Å². The first-order valence-electron chi connectivity index (χ1n) is 9.84. The molecule has 1 aliphatic carbocycles. The van der Waals surface area contributed by atoms with E-state index in [1.54, 1.807) is 18.3 Å². The molecule has 3 aromatic rings. The molecule has 0 radical (unpaired) electrons. The van der Waals surface area contributed by atoms with Gasteiger partial charge in [0.05, 0.1) is 17.6 Å². The molecule has 7 heteroatoms. The molecule has 1 N–H and O–H groups in total. The maximum Gasteiger partial charge on any atom is 0.416 e. The number of H-pyrrole nitrogens is 1. The summed E-state index contributed by atoms with van der Waals surface area (Å²) in [5, 5.41) is 0. The van der Waals surface area contributed by atoms with Gasteiger partial charge in [0.2, 0.25) is 5.91 Å². The van der Waals surface area contributed by atoms with E-state index in [1.807, 2.05) is 24.3 Å². The average Bonchev–Trinajstić information content (AvgIpc) is 3.21. The van der Waals surface area contributed by atoms with E-state index in [-0.39, 0.29) is 11.8 Å². The summed E-state index contributed by atoms with van der Waals surface area (Å²) in [6.45, 7) is 0.389. The predicted octanol–water partition coefficient (Wildman–Crippen LogP) is 4.86. The van der Waals surface area contributed by atoms with Crippen molar-refractivity contribution in [3.05, 3.63) is 77.4 Å². The van der Waals surface area contributed by atoms with Gasteiger partial charge in [0.25, 0.3) is 0 Å². The van der Waals surface area contributed by atoms with Crippen LogP contribution in [0.4, 0.5) is 13.2 Å². The Hall–Kier alpha value is -3.09. The first-order chi connectivity index (χ1) is 14.3. The number of nitrogens with zero attached hydrogens (tertiary/aromatic N) is 2. The zero-order chi connectivity index (χ0) is 21.3. The van der Waals surface area contributed by atoms with Crippen LogP contribution in [0.1, 0.15) is 28.9 Å². The van der Waals surface area contributed by atoms with Crippen LogP contribution in [0.5, 0.6) is 0 Å². The Morgan fingerprint density at radius 1 is 1.17 bits per heavy atom. The number of halogens is 3. The Bertz CT molecular complexity index is 1040. The van der Waals surface area contributed by atoms with E-state index in [4.69, 9.17) is 0 Å². The lowest BCUT2D eigenvalue weighted by atomic mass is 9.88.